The highest BCUT2D eigenvalue weighted by Crippen LogP contribution is 2.52. The molecule has 0 aromatic carbocycles. The van der Waals surface area contributed by atoms with Crippen LogP contribution in [0.4, 0.5) is 0 Å². The van der Waals surface area contributed by atoms with Gasteiger partial charge in [-0.1, -0.05) is 0 Å². The third-order valence-electron chi connectivity index (χ3n) is 3.55. The number of aromatic nitrogens is 2. The summed E-state index contributed by atoms with van der Waals surface area (Å²) in [7, 11) is 1.31. The van der Waals surface area contributed by atoms with Crippen LogP contribution < -0.4 is 11.2 Å². The smallest absolute Gasteiger partial charge is 0.328 e. The van der Waals surface area contributed by atoms with E-state index in [0.29, 0.717) is 0 Å². The van der Waals surface area contributed by atoms with Crippen LogP contribution in [-0.4, -0.2) is 56.4 Å². The quantitative estimate of drug-likeness (QED) is 0.473. The number of rotatable bonds is 5. The number of hydrogen-bond donors (Lipinski definition) is 4. The minimum Gasteiger partial charge on any atom is -0.394 e. The lowest BCUT2D eigenvalue weighted by atomic mass is 10.1. The first-order valence-electron chi connectivity index (χ1n) is 5.80. The molecule has 4 atom stereocenters. The molecule has 1 saturated carbocycles. The van der Waals surface area contributed by atoms with Gasteiger partial charge < -0.3 is 25.0 Å². The third-order valence-corrected chi connectivity index (χ3v) is 3.55. The fourth-order valence-corrected chi connectivity index (χ4v) is 2.37. The lowest BCUT2D eigenvalue weighted by molar-refractivity contribution is -0.109. The molecule has 0 aliphatic heterocycles. The second-order valence-electron chi connectivity index (χ2n) is 4.56. The van der Waals surface area contributed by atoms with Gasteiger partial charge in [-0.2, -0.15) is 0 Å². The van der Waals surface area contributed by atoms with Gasteiger partial charge in [0, 0.05) is 25.8 Å². The maximum absolute atomic E-state index is 11.7. The molecule has 2 unspecified atom stereocenters. The van der Waals surface area contributed by atoms with Crippen molar-refractivity contribution in [2.45, 2.75) is 30.3 Å². The summed E-state index contributed by atoms with van der Waals surface area (Å²) in [6.07, 6.45) is -1.35. The van der Waals surface area contributed by atoms with E-state index < -0.39 is 41.7 Å². The highest BCUT2D eigenvalue weighted by atomic mass is 16.5. The summed E-state index contributed by atoms with van der Waals surface area (Å²) >= 11 is 0. The van der Waals surface area contributed by atoms with Crippen molar-refractivity contribution in [2.75, 3.05) is 13.7 Å². The van der Waals surface area contributed by atoms with Gasteiger partial charge in [-0.15, -0.1) is 0 Å². The molecule has 1 aromatic heterocycles. The van der Waals surface area contributed by atoms with E-state index >= 15 is 0 Å². The van der Waals surface area contributed by atoms with Crippen LogP contribution in [0.5, 0.6) is 0 Å². The Kier molecular flexibility index (Phi) is 3.59. The summed E-state index contributed by atoms with van der Waals surface area (Å²) in [4.78, 5) is 25.7. The molecule has 1 heterocycles. The van der Waals surface area contributed by atoms with Gasteiger partial charge in [0.05, 0.1) is 12.6 Å². The zero-order valence-electron chi connectivity index (χ0n) is 10.3. The zero-order chi connectivity index (χ0) is 14.2. The van der Waals surface area contributed by atoms with Gasteiger partial charge in [-0.05, 0) is 0 Å². The van der Waals surface area contributed by atoms with E-state index in [9.17, 15) is 19.8 Å². The lowest BCUT2D eigenvalue weighted by Crippen LogP contribution is -2.46. The van der Waals surface area contributed by atoms with E-state index in [1.807, 2.05) is 0 Å². The van der Waals surface area contributed by atoms with E-state index in [1.54, 1.807) is 0 Å². The fraction of sp³-hybridized carbons (Fsp3) is 0.636. The van der Waals surface area contributed by atoms with E-state index in [2.05, 4.69) is 4.98 Å². The van der Waals surface area contributed by atoms with E-state index in [-0.39, 0.29) is 6.42 Å². The molecule has 0 amide bonds. The second kappa shape index (κ2) is 4.89. The maximum Gasteiger partial charge on any atom is 0.328 e. The van der Waals surface area contributed by atoms with Crippen LogP contribution in [0.1, 0.15) is 12.5 Å². The maximum atomic E-state index is 11.7. The number of nitrogens with zero attached hydrogens (tertiary/aromatic N) is 1. The Morgan fingerprint density at radius 1 is 1.58 bits per heavy atom. The van der Waals surface area contributed by atoms with E-state index in [1.165, 1.54) is 19.4 Å². The molecule has 0 bridgehead atoms. The summed E-state index contributed by atoms with van der Waals surface area (Å²) in [5.74, 6) is 0. The first-order valence-corrected chi connectivity index (χ1v) is 5.80. The van der Waals surface area contributed by atoms with Gasteiger partial charge in [0.15, 0.2) is 0 Å². The molecule has 1 fully saturated rings. The number of nitrogens with one attached hydrogen (secondary N) is 1. The second-order valence-corrected chi connectivity index (χ2v) is 4.56. The van der Waals surface area contributed by atoms with Crippen LogP contribution in [0.2, 0.25) is 0 Å². The first kappa shape index (κ1) is 13.9. The fourth-order valence-electron chi connectivity index (χ4n) is 2.37. The van der Waals surface area contributed by atoms with Gasteiger partial charge in [-0.25, -0.2) is 4.79 Å². The van der Waals surface area contributed by atoms with Gasteiger partial charge in [0.2, 0.25) is 0 Å². The number of H-pyrrole nitrogens is 1. The molecular formula is C11H16N2O6. The minimum atomic E-state index is -1.40. The Labute approximate surface area is 107 Å². The monoisotopic (exact) mass is 272 g/mol. The van der Waals surface area contributed by atoms with Crippen molar-refractivity contribution in [1.29, 1.82) is 0 Å². The van der Waals surface area contributed by atoms with Crippen LogP contribution in [0, 0.1) is 0 Å². The van der Waals surface area contributed by atoms with Crippen molar-refractivity contribution in [2.24, 2.45) is 0 Å². The van der Waals surface area contributed by atoms with Crippen molar-refractivity contribution in [3.05, 3.63) is 33.1 Å². The van der Waals surface area contributed by atoms with Gasteiger partial charge in [0.25, 0.3) is 5.56 Å². The Morgan fingerprint density at radius 3 is 2.79 bits per heavy atom. The number of aliphatic hydroxyl groups excluding tert-OH is 3. The van der Waals surface area contributed by atoms with Gasteiger partial charge in [0.1, 0.15) is 17.8 Å². The molecule has 1 aliphatic carbocycles. The van der Waals surface area contributed by atoms with Crippen LogP contribution in [0.25, 0.3) is 0 Å². The van der Waals surface area contributed by atoms with Crippen molar-refractivity contribution >= 4 is 0 Å². The van der Waals surface area contributed by atoms with Crippen LogP contribution in [0.3, 0.4) is 0 Å². The number of hydrogen-bond acceptors (Lipinski definition) is 6. The normalized spacial score (nSPS) is 28.9. The molecule has 4 N–H and O–H groups in total. The Bertz CT molecular complexity index is 539. The third kappa shape index (κ3) is 2.12. The summed E-state index contributed by atoms with van der Waals surface area (Å²) in [5.41, 5.74) is -2.36. The molecule has 8 nitrogen and oxygen atoms in total. The number of methoxy groups -OCH3 is 1. The standard InChI is InChI=1S/C11H16N2O6/c1-19-11(9(17)6(15)5-14)4-7(11)13-8(16)2-3-12-10(13)18/h2-3,6-7,9,14-15,17H,4-5H2,1H3,(H,12,18)/t6-,7-,9?,11?/m1/s1. The molecule has 0 radical (unpaired) electrons. The van der Waals surface area contributed by atoms with Crippen molar-refractivity contribution < 1.29 is 20.1 Å². The van der Waals surface area contributed by atoms with Crippen molar-refractivity contribution in [1.82, 2.24) is 9.55 Å². The van der Waals surface area contributed by atoms with Crippen molar-refractivity contribution in [3.63, 3.8) is 0 Å². The topological polar surface area (TPSA) is 125 Å². The molecular weight excluding hydrogens is 256 g/mol. The predicted molar refractivity (Wildman–Crippen MR) is 63.8 cm³/mol. The van der Waals surface area contributed by atoms with Gasteiger partial charge >= 0.3 is 5.69 Å². The highest BCUT2D eigenvalue weighted by Gasteiger charge is 2.63. The highest BCUT2D eigenvalue weighted by molar-refractivity contribution is 5.15. The molecule has 1 aromatic rings. The summed E-state index contributed by atoms with van der Waals surface area (Å²) < 4.78 is 6.12. The molecule has 2 rings (SSSR count). The summed E-state index contributed by atoms with van der Waals surface area (Å²) in [5, 5.41) is 28.3. The Morgan fingerprint density at radius 2 is 2.26 bits per heavy atom. The molecule has 0 spiro atoms. The number of ether oxygens (including phenoxy) is 1. The Hall–Kier alpha value is -1.48. The SMILES string of the molecule is COC1(C(O)[C@H](O)CO)C[C@H]1n1c(=O)cc[nH]c1=O. The van der Waals surface area contributed by atoms with E-state index in [0.717, 1.165) is 4.57 Å². The number of aromatic amines is 1. The summed E-state index contributed by atoms with van der Waals surface area (Å²) in [6, 6.07) is 0.515. The van der Waals surface area contributed by atoms with Crippen LogP contribution in [0.15, 0.2) is 21.9 Å². The van der Waals surface area contributed by atoms with Crippen LogP contribution >= 0.6 is 0 Å². The molecule has 0 saturated heterocycles. The first-order chi connectivity index (χ1) is 8.97. The molecule has 106 valence electrons. The molecule has 8 heteroatoms. The van der Waals surface area contributed by atoms with E-state index in [4.69, 9.17) is 9.84 Å². The zero-order valence-corrected chi connectivity index (χ0v) is 10.3. The van der Waals surface area contributed by atoms with Crippen LogP contribution in [-0.2, 0) is 4.74 Å². The predicted octanol–water partition coefficient (Wildman–Crippen LogP) is -2.42. The molecule has 19 heavy (non-hydrogen) atoms. The van der Waals surface area contributed by atoms with Crippen molar-refractivity contribution in [3.8, 4) is 0 Å². The largest absolute Gasteiger partial charge is 0.394 e. The minimum absolute atomic E-state index is 0.203. The Balaban J connectivity index is 2.36. The average molecular weight is 272 g/mol. The molecule has 1 aliphatic rings. The summed E-state index contributed by atoms with van der Waals surface area (Å²) in [6.45, 7) is -0.640. The average Bonchev–Trinajstić information content (AvgIpc) is 3.12. The number of aliphatic hydroxyl groups is 3. The lowest BCUT2D eigenvalue weighted by Gasteiger charge is -2.25. The van der Waals surface area contributed by atoms with Gasteiger partial charge in [-0.3, -0.25) is 9.36 Å².